The van der Waals surface area contributed by atoms with Crippen molar-refractivity contribution in [2.75, 3.05) is 40.3 Å². The highest BCUT2D eigenvalue weighted by Gasteiger charge is 2.34. The van der Waals surface area contributed by atoms with E-state index in [1.807, 2.05) is 55.6 Å². The van der Waals surface area contributed by atoms with Gasteiger partial charge in [-0.05, 0) is 50.5 Å². The molecule has 0 spiro atoms. The van der Waals surface area contributed by atoms with Gasteiger partial charge in [0.25, 0.3) is 11.8 Å². The fourth-order valence-corrected chi connectivity index (χ4v) is 5.04. The molecule has 3 aromatic carbocycles. The zero-order valence-electron chi connectivity index (χ0n) is 24.1. The van der Waals surface area contributed by atoms with Gasteiger partial charge in [0, 0.05) is 50.0 Å². The molecule has 0 saturated carbocycles. The van der Waals surface area contributed by atoms with Crippen LogP contribution < -0.4 is 5.73 Å². The number of benzene rings is 3. The number of nitrogens with zero attached hydrogens (tertiary/aromatic N) is 5. The standard InChI is InChI=1S/C21H19N3O2.C13H17N3/c1-23(14-16-11-10-15-6-2-5-9-19(15)22-16)12-13-24-20(25)17-7-3-4-8-18(17)21(24)26;1-16(9-8-14)10-12-7-6-11-4-2-3-5-13(11)15-12/h2-11H,12-14H2,1H3;2-7H,8-10,14H2,1H3. The van der Waals surface area contributed by atoms with Gasteiger partial charge in [-0.2, -0.15) is 0 Å². The van der Waals surface area contributed by atoms with Crippen LogP contribution in [0.1, 0.15) is 32.1 Å². The van der Waals surface area contributed by atoms with Gasteiger partial charge < -0.3 is 5.73 Å². The maximum atomic E-state index is 12.4. The number of carbonyl (C=O) groups excluding carboxylic acids is 2. The molecule has 8 heteroatoms. The number of fused-ring (bicyclic) bond motifs is 3. The lowest BCUT2D eigenvalue weighted by Gasteiger charge is -2.20. The molecule has 2 amide bonds. The number of hydrogen-bond donors (Lipinski definition) is 1. The summed E-state index contributed by atoms with van der Waals surface area (Å²) in [6.07, 6.45) is 0. The average molecular weight is 561 g/mol. The first kappa shape index (κ1) is 29.0. The van der Waals surface area contributed by atoms with E-state index in [4.69, 9.17) is 5.73 Å². The number of hydrogen-bond acceptors (Lipinski definition) is 7. The van der Waals surface area contributed by atoms with Gasteiger partial charge >= 0.3 is 0 Å². The molecular weight excluding hydrogens is 524 g/mol. The Balaban J connectivity index is 0.000000189. The Morgan fingerprint density at radius 2 is 1.07 bits per heavy atom. The largest absolute Gasteiger partial charge is 0.329 e. The molecule has 42 heavy (non-hydrogen) atoms. The third-order valence-corrected chi connectivity index (χ3v) is 7.27. The van der Waals surface area contributed by atoms with E-state index >= 15 is 0 Å². The van der Waals surface area contributed by atoms with Crippen LogP contribution in [0.15, 0.2) is 97.1 Å². The molecule has 0 aliphatic carbocycles. The van der Waals surface area contributed by atoms with Crippen LogP contribution in [0, 0.1) is 0 Å². The zero-order valence-corrected chi connectivity index (χ0v) is 24.1. The maximum Gasteiger partial charge on any atom is 0.261 e. The second kappa shape index (κ2) is 13.4. The fourth-order valence-electron chi connectivity index (χ4n) is 5.04. The number of para-hydroxylation sites is 2. The minimum Gasteiger partial charge on any atom is -0.329 e. The van der Waals surface area contributed by atoms with E-state index in [1.165, 1.54) is 10.3 Å². The van der Waals surface area contributed by atoms with Crippen LogP contribution >= 0.6 is 0 Å². The van der Waals surface area contributed by atoms with Crippen molar-refractivity contribution in [1.29, 1.82) is 0 Å². The Bertz CT molecular complexity index is 1670. The fraction of sp³-hybridized carbons (Fsp3) is 0.235. The van der Waals surface area contributed by atoms with Crippen LogP contribution in [0.4, 0.5) is 0 Å². The molecule has 0 atom stereocenters. The second-order valence-electron chi connectivity index (χ2n) is 10.6. The molecule has 0 unspecified atom stereocenters. The van der Waals surface area contributed by atoms with Gasteiger partial charge in [0.05, 0.1) is 33.5 Å². The molecule has 2 N–H and O–H groups in total. The molecule has 0 fully saturated rings. The Hall–Kier alpha value is -4.50. The van der Waals surface area contributed by atoms with Gasteiger partial charge in [0.15, 0.2) is 0 Å². The predicted molar refractivity (Wildman–Crippen MR) is 167 cm³/mol. The van der Waals surface area contributed by atoms with Crippen molar-refractivity contribution in [1.82, 2.24) is 24.7 Å². The number of nitrogens with two attached hydrogens (primary N) is 1. The molecule has 0 saturated heterocycles. The van der Waals surface area contributed by atoms with Crippen molar-refractivity contribution in [3.8, 4) is 0 Å². The SMILES string of the molecule is CN(CCN)Cc1ccc2ccccc2n1.CN(CCN1C(=O)c2ccccc2C1=O)Cc1ccc2ccccc2n1. The summed E-state index contributed by atoms with van der Waals surface area (Å²) in [6, 6.07) is 31.4. The number of likely N-dealkylation sites (N-methyl/N-ethyl adjacent to an activating group) is 2. The van der Waals surface area contributed by atoms with E-state index in [0.717, 1.165) is 40.9 Å². The average Bonchev–Trinajstić information content (AvgIpc) is 3.25. The monoisotopic (exact) mass is 560 g/mol. The van der Waals surface area contributed by atoms with Crippen LogP contribution in [0.25, 0.3) is 21.8 Å². The lowest BCUT2D eigenvalue weighted by molar-refractivity contribution is 0.0640. The molecule has 1 aliphatic heterocycles. The summed E-state index contributed by atoms with van der Waals surface area (Å²) in [4.78, 5) is 39.7. The highest BCUT2D eigenvalue weighted by molar-refractivity contribution is 6.21. The minimum absolute atomic E-state index is 0.206. The third kappa shape index (κ3) is 6.86. The van der Waals surface area contributed by atoms with Crippen LogP contribution in [0.2, 0.25) is 0 Å². The van der Waals surface area contributed by atoms with Crippen molar-refractivity contribution in [2.24, 2.45) is 5.73 Å². The molecule has 6 rings (SSSR count). The number of carbonyl (C=O) groups is 2. The van der Waals surface area contributed by atoms with E-state index in [0.29, 0.717) is 37.3 Å². The number of imide groups is 1. The topological polar surface area (TPSA) is 95.7 Å². The van der Waals surface area contributed by atoms with Gasteiger partial charge in [-0.15, -0.1) is 0 Å². The van der Waals surface area contributed by atoms with Crippen LogP contribution in [0.3, 0.4) is 0 Å². The Morgan fingerprint density at radius 1 is 0.619 bits per heavy atom. The predicted octanol–water partition coefficient (Wildman–Crippen LogP) is 4.59. The molecule has 8 nitrogen and oxygen atoms in total. The molecule has 0 bridgehead atoms. The Labute approximate surface area is 246 Å². The lowest BCUT2D eigenvalue weighted by atomic mass is 10.1. The van der Waals surface area contributed by atoms with Crippen LogP contribution in [0.5, 0.6) is 0 Å². The van der Waals surface area contributed by atoms with Crippen molar-refractivity contribution < 1.29 is 9.59 Å². The quantitative estimate of drug-likeness (QED) is 0.264. The van der Waals surface area contributed by atoms with E-state index in [2.05, 4.69) is 51.1 Å². The van der Waals surface area contributed by atoms with Gasteiger partial charge in [-0.1, -0.05) is 60.7 Å². The summed E-state index contributed by atoms with van der Waals surface area (Å²) in [6.45, 7) is 4.06. The summed E-state index contributed by atoms with van der Waals surface area (Å²) in [5, 5.41) is 2.30. The zero-order chi connectivity index (χ0) is 29.5. The molecule has 214 valence electrons. The summed E-state index contributed by atoms with van der Waals surface area (Å²) < 4.78 is 0. The summed E-state index contributed by atoms with van der Waals surface area (Å²) in [7, 11) is 4.03. The lowest BCUT2D eigenvalue weighted by Crippen LogP contribution is -2.36. The number of pyridine rings is 2. The first-order chi connectivity index (χ1) is 20.4. The van der Waals surface area contributed by atoms with Crippen LogP contribution in [-0.4, -0.2) is 76.8 Å². The molecular formula is C34H36N6O2. The first-order valence-corrected chi connectivity index (χ1v) is 14.1. The number of rotatable bonds is 9. The van der Waals surface area contributed by atoms with Gasteiger partial charge in [-0.25, -0.2) is 0 Å². The Kier molecular flexibility index (Phi) is 9.28. The minimum atomic E-state index is -0.206. The Morgan fingerprint density at radius 3 is 1.57 bits per heavy atom. The number of aromatic nitrogens is 2. The van der Waals surface area contributed by atoms with Crippen LogP contribution in [-0.2, 0) is 13.1 Å². The third-order valence-electron chi connectivity index (χ3n) is 7.27. The van der Waals surface area contributed by atoms with Crippen molar-refractivity contribution in [3.63, 3.8) is 0 Å². The van der Waals surface area contributed by atoms with E-state index < -0.39 is 0 Å². The summed E-state index contributed by atoms with van der Waals surface area (Å²) in [5.41, 5.74) is 10.6. The smallest absolute Gasteiger partial charge is 0.261 e. The molecule has 3 heterocycles. The normalized spacial score (nSPS) is 12.7. The van der Waals surface area contributed by atoms with Crippen molar-refractivity contribution in [2.45, 2.75) is 13.1 Å². The van der Waals surface area contributed by atoms with E-state index in [9.17, 15) is 9.59 Å². The molecule has 5 aromatic rings. The van der Waals surface area contributed by atoms with Gasteiger partial charge in [0.2, 0.25) is 0 Å². The maximum absolute atomic E-state index is 12.4. The second-order valence-corrected chi connectivity index (χ2v) is 10.6. The summed E-state index contributed by atoms with van der Waals surface area (Å²) >= 11 is 0. The van der Waals surface area contributed by atoms with E-state index in [-0.39, 0.29) is 11.8 Å². The van der Waals surface area contributed by atoms with E-state index in [1.54, 1.807) is 24.3 Å². The van der Waals surface area contributed by atoms with Gasteiger partial charge in [0.1, 0.15) is 0 Å². The van der Waals surface area contributed by atoms with Crippen molar-refractivity contribution >= 4 is 33.6 Å². The molecule has 0 radical (unpaired) electrons. The van der Waals surface area contributed by atoms with Crippen molar-refractivity contribution in [3.05, 3.63) is 120 Å². The molecule has 2 aromatic heterocycles. The number of amides is 2. The highest BCUT2D eigenvalue weighted by Crippen LogP contribution is 2.22. The first-order valence-electron chi connectivity index (χ1n) is 14.1. The van der Waals surface area contributed by atoms with Gasteiger partial charge in [-0.3, -0.25) is 34.3 Å². The highest BCUT2D eigenvalue weighted by atomic mass is 16.2. The molecule has 1 aliphatic rings. The summed E-state index contributed by atoms with van der Waals surface area (Å²) in [5.74, 6) is -0.411.